The van der Waals surface area contributed by atoms with E-state index in [2.05, 4.69) is 25.3 Å². The Balaban J connectivity index is 2.47. The number of unbranched alkanes of at least 4 members (excludes halogenated alkanes) is 5. The van der Waals surface area contributed by atoms with Crippen LogP contribution in [-0.2, 0) is 9.47 Å². The molecule has 0 aromatic carbocycles. The molecule has 0 fully saturated rings. The lowest BCUT2D eigenvalue weighted by atomic mass is 10.1. The first-order valence-electron chi connectivity index (χ1n) is 13.2. The van der Waals surface area contributed by atoms with Crippen molar-refractivity contribution in [1.29, 1.82) is 0 Å². The van der Waals surface area contributed by atoms with Crippen molar-refractivity contribution in [3.05, 3.63) is 10.8 Å². The molecule has 1 rings (SSSR count). The predicted octanol–water partition coefficient (Wildman–Crippen LogP) is 3.17. The minimum Gasteiger partial charge on any atom is -0.443 e. The van der Waals surface area contributed by atoms with Gasteiger partial charge in [0.05, 0.1) is 0 Å². The van der Waals surface area contributed by atoms with Crippen LogP contribution in [0.3, 0.4) is 0 Å². The lowest BCUT2D eigenvalue weighted by Crippen LogP contribution is -2.45. The number of aromatic nitrogens is 2. The van der Waals surface area contributed by atoms with Gasteiger partial charge in [-0.2, -0.15) is 4.99 Å². The van der Waals surface area contributed by atoms with Crippen molar-refractivity contribution in [2.75, 3.05) is 24.6 Å². The Morgan fingerprint density at radius 1 is 0.854 bits per heavy atom. The van der Waals surface area contributed by atoms with Crippen LogP contribution in [0.1, 0.15) is 90.6 Å². The van der Waals surface area contributed by atoms with Crippen LogP contribution in [0, 0.1) is 0 Å². The van der Waals surface area contributed by atoms with E-state index in [4.69, 9.17) is 44.0 Å². The number of hydrogen-bond acceptors (Lipinski definition) is 9. The van der Waals surface area contributed by atoms with E-state index in [1.54, 1.807) is 41.5 Å². The molecule has 1 heterocycles. The normalized spacial score (nSPS) is 12.6. The summed E-state index contributed by atoms with van der Waals surface area (Å²) in [5, 5.41) is 2.70. The number of anilines is 2. The quantitative estimate of drug-likeness (QED) is 0.148. The highest BCUT2D eigenvalue weighted by molar-refractivity contribution is 6.31. The zero-order valence-electron chi connectivity index (χ0n) is 24.6. The monoisotopic (exact) mass is 598 g/mol. The third kappa shape index (κ3) is 14.4. The number of carbonyl (C=O) groups is 3. The number of aliphatic imine (C=N–C) groups is 2. The van der Waals surface area contributed by atoms with E-state index >= 15 is 0 Å². The molecule has 0 unspecified atom stereocenters. The van der Waals surface area contributed by atoms with Crippen LogP contribution < -0.4 is 28.3 Å². The summed E-state index contributed by atoms with van der Waals surface area (Å²) in [6.45, 7) is 11.0. The zero-order chi connectivity index (χ0) is 31.4. The molecule has 41 heavy (non-hydrogen) atoms. The lowest BCUT2D eigenvalue weighted by Gasteiger charge is -2.26. The third-order valence-corrected chi connectivity index (χ3v) is 5.21. The number of nitrogens with two attached hydrogens (primary N) is 4. The second-order valence-corrected chi connectivity index (χ2v) is 11.4. The molecule has 0 spiro atoms. The summed E-state index contributed by atoms with van der Waals surface area (Å²) >= 11 is 5.78. The number of guanidine groups is 2. The first-order valence-corrected chi connectivity index (χ1v) is 13.6. The molecule has 0 aliphatic heterocycles. The first-order chi connectivity index (χ1) is 18.9. The molecule has 9 N–H and O–H groups in total. The highest BCUT2D eigenvalue weighted by Crippen LogP contribution is 2.18. The second kappa shape index (κ2) is 15.8. The standard InChI is InChI=1S/C25H43ClN10O5/c1-24(2,3)40-22(38)35-21(30)36(23(39)41-25(4,5)6)14-12-10-8-7-9-11-13-31-20(29)34-19(37)15-17(27)33-18(28)16(26)32-15/h7-14H2,1-6H3,(H4,27,28,33)(H2,30,35,38)(H3,29,31,34,37). The summed E-state index contributed by atoms with van der Waals surface area (Å²) in [5.41, 5.74) is 21.1. The van der Waals surface area contributed by atoms with E-state index in [9.17, 15) is 14.4 Å². The van der Waals surface area contributed by atoms with Crippen molar-refractivity contribution in [1.82, 2.24) is 20.2 Å². The molecule has 0 aliphatic rings. The van der Waals surface area contributed by atoms with Gasteiger partial charge in [-0.15, -0.1) is 4.99 Å². The largest absolute Gasteiger partial charge is 0.443 e. The average molecular weight is 599 g/mol. The van der Waals surface area contributed by atoms with Crippen molar-refractivity contribution < 1.29 is 23.9 Å². The van der Waals surface area contributed by atoms with Gasteiger partial charge < -0.3 is 37.7 Å². The highest BCUT2D eigenvalue weighted by Gasteiger charge is 2.26. The number of halogens is 1. The number of carbonyl (C=O) groups excluding carboxylic acids is 3. The molecular weight excluding hydrogens is 556 g/mol. The number of nitrogen functional groups attached to an aromatic ring is 2. The number of hydrogen-bond donors (Lipinski definition) is 5. The maximum Gasteiger partial charge on any atom is 0.437 e. The second-order valence-electron chi connectivity index (χ2n) is 11.1. The fourth-order valence-corrected chi connectivity index (χ4v) is 3.30. The summed E-state index contributed by atoms with van der Waals surface area (Å²) < 4.78 is 10.6. The molecule has 16 heteroatoms. The van der Waals surface area contributed by atoms with Crippen molar-refractivity contribution >= 4 is 53.2 Å². The summed E-state index contributed by atoms with van der Waals surface area (Å²) in [4.78, 5) is 53.0. The van der Waals surface area contributed by atoms with E-state index in [-0.39, 0.29) is 40.9 Å². The molecule has 230 valence electrons. The molecule has 0 atom stereocenters. The molecule has 0 saturated heterocycles. The van der Waals surface area contributed by atoms with Gasteiger partial charge in [-0.3, -0.25) is 4.79 Å². The minimum atomic E-state index is -0.889. The Bertz CT molecular complexity index is 1130. The van der Waals surface area contributed by atoms with Crippen molar-refractivity contribution in [3.8, 4) is 0 Å². The summed E-state index contributed by atoms with van der Waals surface area (Å²) in [6, 6.07) is 0. The minimum absolute atomic E-state index is 0.0861. The molecule has 1 aromatic rings. The lowest BCUT2D eigenvalue weighted by molar-refractivity contribution is 0.0364. The molecule has 15 nitrogen and oxygen atoms in total. The number of rotatable bonds is 10. The molecule has 0 bridgehead atoms. The number of nitrogens with zero attached hydrogens (tertiary/aromatic N) is 5. The number of nitrogens with one attached hydrogen (secondary N) is 1. The summed E-state index contributed by atoms with van der Waals surface area (Å²) in [6.07, 6.45) is 3.31. The Kier molecular flexibility index (Phi) is 13.5. The Morgan fingerprint density at radius 2 is 1.41 bits per heavy atom. The Hall–Kier alpha value is -3.88. The van der Waals surface area contributed by atoms with Gasteiger partial charge in [-0.05, 0) is 54.4 Å². The maximum absolute atomic E-state index is 12.7. The van der Waals surface area contributed by atoms with Crippen molar-refractivity contribution in [2.45, 2.75) is 91.3 Å². The zero-order valence-corrected chi connectivity index (χ0v) is 25.4. The molecule has 0 saturated carbocycles. The van der Waals surface area contributed by atoms with Gasteiger partial charge in [-0.25, -0.2) is 24.5 Å². The van der Waals surface area contributed by atoms with Crippen LogP contribution in [0.2, 0.25) is 5.15 Å². The molecule has 1 aromatic heterocycles. The number of amides is 3. The highest BCUT2D eigenvalue weighted by atomic mass is 35.5. The van der Waals surface area contributed by atoms with Gasteiger partial charge in [0.25, 0.3) is 0 Å². The summed E-state index contributed by atoms with van der Waals surface area (Å²) in [5.74, 6) is -1.45. The van der Waals surface area contributed by atoms with Crippen LogP contribution in [0.5, 0.6) is 0 Å². The molecule has 0 radical (unpaired) electrons. The van der Waals surface area contributed by atoms with E-state index in [1.807, 2.05) is 0 Å². The van der Waals surface area contributed by atoms with Crippen LogP contribution >= 0.6 is 11.6 Å². The smallest absolute Gasteiger partial charge is 0.437 e. The van der Waals surface area contributed by atoms with Crippen LogP contribution in [-0.4, -0.2) is 69.2 Å². The van der Waals surface area contributed by atoms with E-state index in [0.717, 1.165) is 37.0 Å². The number of ether oxygens (including phenoxy) is 2. The van der Waals surface area contributed by atoms with Gasteiger partial charge in [0.1, 0.15) is 11.2 Å². The fraction of sp³-hybridized carbons (Fsp3) is 0.640. The average Bonchev–Trinajstić information content (AvgIpc) is 2.79. The van der Waals surface area contributed by atoms with Gasteiger partial charge >= 0.3 is 18.1 Å². The topological polar surface area (TPSA) is 240 Å². The predicted molar refractivity (Wildman–Crippen MR) is 158 cm³/mol. The van der Waals surface area contributed by atoms with Crippen molar-refractivity contribution in [3.63, 3.8) is 0 Å². The van der Waals surface area contributed by atoms with Crippen LogP contribution in [0.4, 0.5) is 21.2 Å². The van der Waals surface area contributed by atoms with Gasteiger partial charge in [0, 0.05) is 13.1 Å². The maximum atomic E-state index is 12.7. The van der Waals surface area contributed by atoms with E-state index in [0.29, 0.717) is 13.0 Å². The van der Waals surface area contributed by atoms with Crippen molar-refractivity contribution in [2.24, 2.45) is 21.5 Å². The summed E-state index contributed by atoms with van der Waals surface area (Å²) in [7, 11) is 0. The molecule has 3 amide bonds. The van der Waals surface area contributed by atoms with Crippen LogP contribution in [0.25, 0.3) is 0 Å². The molecular formula is C25H43ClN10O5. The fourth-order valence-electron chi connectivity index (χ4n) is 3.17. The third-order valence-electron chi connectivity index (χ3n) is 4.93. The van der Waals surface area contributed by atoms with E-state index < -0.39 is 29.3 Å². The van der Waals surface area contributed by atoms with Crippen LogP contribution in [0.15, 0.2) is 9.98 Å². The van der Waals surface area contributed by atoms with Gasteiger partial charge in [0.15, 0.2) is 28.4 Å². The van der Waals surface area contributed by atoms with Gasteiger partial charge in [0.2, 0.25) is 5.96 Å². The first kappa shape index (κ1) is 35.1. The molecule has 0 aliphatic carbocycles. The SMILES string of the molecule is CC(C)(C)OC(=O)N=C(N)N(CCCCCCCCNC(N)=NC(=O)c1nc(Cl)c(N)nc1N)C(=O)OC(C)(C)C. The Labute approximate surface area is 245 Å². The van der Waals surface area contributed by atoms with Gasteiger partial charge in [-0.1, -0.05) is 37.3 Å². The Morgan fingerprint density at radius 3 is 2.00 bits per heavy atom. The van der Waals surface area contributed by atoms with E-state index in [1.165, 1.54) is 0 Å².